The molecule has 0 bridgehead atoms. The predicted octanol–water partition coefficient (Wildman–Crippen LogP) is 2.53. The van der Waals surface area contributed by atoms with Gasteiger partial charge in [0.05, 0.1) is 4.92 Å². The van der Waals surface area contributed by atoms with Crippen LogP contribution in [0.1, 0.15) is 17.0 Å². The van der Waals surface area contributed by atoms with Crippen LogP contribution in [0.15, 0.2) is 28.8 Å². The summed E-state index contributed by atoms with van der Waals surface area (Å²) in [5.74, 6) is -0.652. The van der Waals surface area contributed by atoms with E-state index in [4.69, 9.17) is 14.4 Å². The Labute approximate surface area is 124 Å². The first-order valence-corrected chi connectivity index (χ1v) is 6.21. The first kappa shape index (κ1) is 15.2. The van der Waals surface area contributed by atoms with Gasteiger partial charge in [-0.25, -0.2) is 4.79 Å². The summed E-state index contributed by atoms with van der Waals surface area (Å²) >= 11 is 0. The van der Waals surface area contributed by atoms with Crippen LogP contribution in [0.2, 0.25) is 0 Å². The van der Waals surface area contributed by atoms with Gasteiger partial charge in [-0.05, 0) is 30.7 Å². The van der Waals surface area contributed by atoms with Gasteiger partial charge < -0.3 is 14.4 Å². The SMILES string of the molecule is Cc1noc(/C=C/c2cccc(OCC(=O)O)c2)c1[N+](=O)[O-]. The summed E-state index contributed by atoms with van der Waals surface area (Å²) in [4.78, 5) is 20.8. The Morgan fingerprint density at radius 3 is 2.95 bits per heavy atom. The van der Waals surface area contributed by atoms with E-state index in [-0.39, 0.29) is 17.1 Å². The lowest BCUT2D eigenvalue weighted by molar-refractivity contribution is -0.386. The van der Waals surface area contributed by atoms with E-state index in [1.807, 2.05) is 0 Å². The standard InChI is InChI=1S/C14H12N2O6/c1-9-14(16(19)20)12(22-15-9)6-5-10-3-2-4-11(7-10)21-8-13(17)18/h2-7H,8H2,1H3,(H,17,18)/b6-5+. The molecule has 0 spiro atoms. The molecule has 2 rings (SSSR count). The van der Waals surface area contributed by atoms with Crippen LogP contribution in [-0.4, -0.2) is 27.8 Å². The zero-order valence-electron chi connectivity index (χ0n) is 11.6. The van der Waals surface area contributed by atoms with Crippen LogP contribution in [-0.2, 0) is 4.79 Å². The van der Waals surface area contributed by atoms with Crippen molar-refractivity contribution in [3.8, 4) is 5.75 Å². The average Bonchev–Trinajstić information content (AvgIpc) is 2.84. The zero-order valence-corrected chi connectivity index (χ0v) is 11.6. The molecular formula is C14H12N2O6. The summed E-state index contributed by atoms with van der Waals surface area (Å²) < 4.78 is 9.95. The molecule has 0 radical (unpaired) electrons. The number of ether oxygens (including phenoxy) is 1. The van der Waals surface area contributed by atoms with Crippen molar-refractivity contribution >= 4 is 23.8 Å². The van der Waals surface area contributed by atoms with Gasteiger partial charge in [-0.15, -0.1) is 0 Å². The summed E-state index contributed by atoms with van der Waals surface area (Å²) in [5, 5.41) is 23.0. The molecule has 0 aliphatic rings. The van der Waals surface area contributed by atoms with Crippen LogP contribution in [0.4, 0.5) is 5.69 Å². The van der Waals surface area contributed by atoms with Crippen molar-refractivity contribution in [3.05, 3.63) is 51.4 Å². The lowest BCUT2D eigenvalue weighted by Gasteiger charge is -2.03. The number of aryl methyl sites for hydroxylation is 1. The Bertz CT molecular complexity index is 735. The quantitative estimate of drug-likeness (QED) is 0.643. The minimum Gasteiger partial charge on any atom is -0.482 e. The Balaban J connectivity index is 2.18. The Kier molecular flexibility index (Phi) is 4.52. The molecule has 0 fully saturated rings. The van der Waals surface area contributed by atoms with Crippen LogP contribution in [0, 0.1) is 17.0 Å². The molecule has 0 aliphatic carbocycles. The molecule has 0 amide bonds. The number of hydrogen-bond acceptors (Lipinski definition) is 6. The van der Waals surface area contributed by atoms with Gasteiger partial charge in [0, 0.05) is 0 Å². The monoisotopic (exact) mass is 304 g/mol. The van der Waals surface area contributed by atoms with Crippen molar-refractivity contribution in [2.45, 2.75) is 6.92 Å². The number of hydrogen-bond donors (Lipinski definition) is 1. The predicted molar refractivity (Wildman–Crippen MR) is 76.4 cm³/mol. The highest BCUT2D eigenvalue weighted by Gasteiger charge is 2.21. The van der Waals surface area contributed by atoms with E-state index in [1.165, 1.54) is 13.0 Å². The summed E-state index contributed by atoms with van der Waals surface area (Å²) in [7, 11) is 0. The first-order valence-electron chi connectivity index (χ1n) is 6.21. The number of nitro groups is 1. The number of carboxylic acids is 1. The molecule has 114 valence electrons. The van der Waals surface area contributed by atoms with Crippen LogP contribution in [0.3, 0.4) is 0 Å². The molecule has 22 heavy (non-hydrogen) atoms. The van der Waals surface area contributed by atoms with E-state index >= 15 is 0 Å². The second-order valence-corrected chi connectivity index (χ2v) is 4.33. The minimum atomic E-state index is -1.08. The second kappa shape index (κ2) is 6.53. The van der Waals surface area contributed by atoms with Crippen LogP contribution < -0.4 is 4.74 Å². The Morgan fingerprint density at radius 1 is 1.50 bits per heavy atom. The fourth-order valence-electron chi connectivity index (χ4n) is 1.74. The molecule has 0 aliphatic heterocycles. The van der Waals surface area contributed by atoms with Crippen molar-refractivity contribution in [3.63, 3.8) is 0 Å². The van der Waals surface area contributed by atoms with Crippen molar-refractivity contribution in [1.82, 2.24) is 5.16 Å². The molecule has 0 saturated carbocycles. The number of carboxylic acid groups (broad SMARTS) is 1. The molecule has 1 aromatic carbocycles. The molecule has 8 nitrogen and oxygen atoms in total. The van der Waals surface area contributed by atoms with E-state index < -0.39 is 17.5 Å². The van der Waals surface area contributed by atoms with E-state index in [0.717, 1.165) is 0 Å². The van der Waals surface area contributed by atoms with Gasteiger partial charge in [-0.3, -0.25) is 10.1 Å². The van der Waals surface area contributed by atoms with Crippen LogP contribution in [0.5, 0.6) is 5.75 Å². The molecule has 1 heterocycles. The molecule has 2 aromatic rings. The van der Waals surface area contributed by atoms with Gasteiger partial charge in [0.1, 0.15) is 5.75 Å². The normalized spacial score (nSPS) is 10.8. The van der Waals surface area contributed by atoms with Gasteiger partial charge in [0.15, 0.2) is 12.3 Å². The largest absolute Gasteiger partial charge is 0.482 e. The van der Waals surface area contributed by atoms with Gasteiger partial charge in [0.2, 0.25) is 5.76 Å². The second-order valence-electron chi connectivity index (χ2n) is 4.33. The van der Waals surface area contributed by atoms with Crippen molar-refractivity contribution < 1.29 is 24.1 Å². The summed E-state index contributed by atoms with van der Waals surface area (Å²) in [6, 6.07) is 6.63. The molecule has 0 saturated heterocycles. The third kappa shape index (κ3) is 3.69. The number of nitrogens with zero attached hydrogens (tertiary/aromatic N) is 2. The average molecular weight is 304 g/mol. The maximum absolute atomic E-state index is 10.9. The number of aromatic nitrogens is 1. The molecule has 0 atom stereocenters. The third-order valence-electron chi connectivity index (χ3n) is 2.69. The van der Waals surface area contributed by atoms with Crippen molar-refractivity contribution in [2.24, 2.45) is 0 Å². The van der Waals surface area contributed by atoms with Crippen molar-refractivity contribution in [2.75, 3.05) is 6.61 Å². The van der Waals surface area contributed by atoms with Crippen LogP contribution >= 0.6 is 0 Å². The highest BCUT2D eigenvalue weighted by Crippen LogP contribution is 2.25. The molecule has 1 aromatic heterocycles. The topological polar surface area (TPSA) is 116 Å². The summed E-state index contributed by atoms with van der Waals surface area (Å²) in [6.45, 7) is 1.04. The Hall–Kier alpha value is -3.16. The molecular weight excluding hydrogens is 292 g/mol. The number of carbonyl (C=O) groups is 1. The van der Waals surface area contributed by atoms with E-state index in [0.29, 0.717) is 11.3 Å². The lowest BCUT2D eigenvalue weighted by Crippen LogP contribution is -2.09. The van der Waals surface area contributed by atoms with Gasteiger partial charge in [-0.1, -0.05) is 23.4 Å². The number of rotatable bonds is 6. The van der Waals surface area contributed by atoms with Crippen LogP contribution in [0.25, 0.3) is 12.2 Å². The van der Waals surface area contributed by atoms with E-state index in [2.05, 4.69) is 5.16 Å². The maximum atomic E-state index is 10.9. The van der Waals surface area contributed by atoms with Gasteiger partial charge in [0.25, 0.3) is 0 Å². The number of aliphatic carboxylic acids is 1. The fraction of sp³-hybridized carbons (Fsp3) is 0.143. The number of benzene rings is 1. The first-order chi connectivity index (χ1) is 10.5. The van der Waals surface area contributed by atoms with E-state index in [9.17, 15) is 14.9 Å². The smallest absolute Gasteiger partial charge is 0.341 e. The third-order valence-corrected chi connectivity index (χ3v) is 2.69. The highest BCUT2D eigenvalue weighted by atomic mass is 16.6. The molecule has 8 heteroatoms. The molecule has 0 unspecified atom stereocenters. The zero-order chi connectivity index (χ0) is 16.1. The van der Waals surface area contributed by atoms with Gasteiger partial charge in [-0.2, -0.15) is 0 Å². The summed E-state index contributed by atoms with van der Waals surface area (Å²) in [5.41, 5.74) is 0.684. The summed E-state index contributed by atoms with van der Waals surface area (Å²) in [6.07, 6.45) is 3.01. The van der Waals surface area contributed by atoms with Crippen molar-refractivity contribution in [1.29, 1.82) is 0 Å². The lowest BCUT2D eigenvalue weighted by atomic mass is 10.2. The highest BCUT2D eigenvalue weighted by molar-refractivity contribution is 5.72. The molecule has 1 N–H and O–H groups in total. The Morgan fingerprint density at radius 2 is 2.27 bits per heavy atom. The maximum Gasteiger partial charge on any atom is 0.341 e. The minimum absolute atomic E-state index is 0.0411. The van der Waals surface area contributed by atoms with Gasteiger partial charge >= 0.3 is 11.7 Å². The van der Waals surface area contributed by atoms with E-state index in [1.54, 1.807) is 30.3 Å². The fourth-order valence-corrected chi connectivity index (χ4v) is 1.74.